The van der Waals surface area contributed by atoms with Crippen LogP contribution in [0, 0.1) is 11.3 Å². The molecule has 1 unspecified atom stereocenters. The number of benzene rings is 1. The zero-order chi connectivity index (χ0) is 16.5. The topological polar surface area (TPSA) is 60.2 Å². The molecule has 1 aromatic carbocycles. The van der Waals surface area contributed by atoms with Gasteiger partial charge in [0.25, 0.3) is 0 Å². The van der Waals surface area contributed by atoms with E-state index >= 15 is 0 Å². The Morgan fingerprint density at radius 2 is 2.12 bits per heavy atom. The first-order chi connectivity index (χ1) is 11.2. The second-order valence-corrected chi connectivity index (χ2v) is 6.28. The Hall–Kier alpha value is -1.59. The smallest absolute Gasteiger partial charge is 0.191 e. The lowest BCUT2D eigenvalue weighted by atomic mass is 10.1. The van der Waals surface area contributed by atoms with Gasteiger partial charge in [-0.05, 0) is 36.1 Å². The van der Waals surface area contributed by atoms with E-state index in [4.69, 9.17) is 5.26 Å². The number of nitrogens with zero attached hydrogens (tertiary/aromatic N) is 2. The van der Waals surface area contributed by atoms with Crippen LogP contribution in [-0.4, -0.2) is 19.0 Å². The van der Waals surface area contributed by atoms with Crippen LogP contribution in [-0.2, 0) is 6.54 Å². The molecule has 0 aliphatic carbocycles. The lowest BCUT2D eigenvalue weighted by molar-refractivity contribution is 0.709. The minimum absolute atomic E-state index is 0. The molecular weight excluding hydrogens is 431 g/mol. The Balaban J connectivity index is 0.00000288. The van der Waals surface area contributed by atoms with Gasteiger partial charge in [-0.1, -0.05) is 25.1 Å². The zero-order valence-corrected chi connectivity index (χ0v) is 17.1. The van der Waals surface area contributed by atoms with Crippen LogP contribution >= 0.6 is 35.3 Å². The largest absolute Gasteiger partial charge is 0.357 e. The van der Waals surface area contributed by atoms with E-state index in [1.54, 1.807) is 17.4 Å². The molecule has 0 radical (unpaired) electrons. The summed E-state index contributed by atoms with van der Waals surface area (Å²) in [5, 5.41) is 17.7. The van der Waals surface area contributed by atoms with Gasteiger partial charge in [-0.2, -0.15) is 5.26 Å². The maximum atomic E-state index is 8.95. The third-order valence-corrected chi connectivity index (χ3v) is 4.53. The van der Waals surface area contributed by atoms with Crippen LogP contribution in [0.5, 0.6) is 0 Å². The van der Waals surface area contributed by atoms with E-state index in [1.165, 1.54) is 4.88 Å². The summed E-state index contributed by atoms with van der Waals surface area (Å²) < 4.78 is 0. The number of aliphatic imine (C=N–C) groups is 1. The summed E-state index contributed by atoms with van der Waals surface area (Å²) in [6, 6.07) is 14.0. The highest BCUT2D eigenvalue weighted by molar-refractivity contribution is 14.0. The number of thiophene rings is 1. The quantitative estimate of drug-likeness (QED) is 0.393. The summed E-state index contributed by atoms with van der Waals surface area (Å²) in [5.41, 5.74) is 1.70. The molecule has 0 fully saturated rings. The monoisotopic (exact) mass is 454 g/mol. The predicted molar refractivity (Wildman–Crippen MR) is 112 cm³/mol. The van der Waals surface area contributed by atoms with Gasteiger partial charge in [0.15, 0.2) is 5.96 Å². The first kappa shape index (κ1) is 20.5. The van der Waals surface area contributed by atoms with Gasteiger partial charge in [-0.25, -0.2) is 4.99 Å². The summed E-state index contributed by atoms with van der Waals surface area (Å²) >= 11 is 1.78. The average molecular weight is 454 g/mol. The third kappa shape index (κ3) is 6.49. The third-order valence-electron chi connectivity index (χ3n) is 3.42. The standard InChI is InChI=1S/C18H22N4S.HI/c1-3-20-18(21-12-14(2)17-8-5-9-23-17)22-13-16-7-4-6-15(10-16)11-19;/h4-10,14H,3,12-13H2,1-2H3,(H2,20,21,22);1H. The summed E-state index contributed by atoms with van der Waals surface area (Å²) in [4.78, 5) is 5.97. The van der Waals surface area contributed by atoms with E-state index in [0.717, 1.165) is 24.6 Å². The highest BCUT2D eigenvalue weighted by Gasteiger charge is 2.07. The molecule has 0 aliphatic heterocycles. The lowest BCUT2D eigenvalue weighted by Crippen LogP contribution is -2.39. The van der Waals surface area contributed by atoms with Crippen LogP contribution in [0.2, 0.25) is 0 Å². The van der Waals surface area contributed by atoms with Gasteiger partial charge in [-0.3, -0.25) is 0 Å². The Morgan fingerprint density at radius 1 is 1.29 bits per heavy atom. The van der Waals surface area contributed by atoms with Crippen molar-refractivity contribution < 1.29 is 0 Å². The molecule has 1 aromatic heterocycles. The molecule has 0 aliphatic rings. The van der Waals surface area contributed by atoms with Gasteiger partial charge >= 0.3 is 0 Å². The highest BCUT2D eigenvalue weighted by Crippen LogP contribution is 2.19. The van der Waals surface area contributed by atoms with Gasteiger partial charge in [0.05, 0.1) is 18.2 Å². The minimum Gasteiger partial charge on any atom is -0.357 e. The molecular formula is C18H23IN4S. The Morgan fingerprint density at radius 3 is 2.79 bits per heavy atom. The first-order valence-corrected chi connectivity index (χ1v) is 8.65. The van der Waals surface area contributed by atoms with Crippen molar-refractivity contribution in [3.05, 3.63) is 57.8 Å². The van der Waals surface area contributed by atoms with Gasteiger partial charge < -0.3 is 10.6 Å². The van der Waals surface area contributed by atoms with E-state index in [2.05, 4.69) is 53.1 Å². The summed E-state index contributed by atoms with van der Waals surface area (Å²) in [6.07, 6.45) is 0. The van der Waals surface area contributed by atoms with Gasteiger partial charge in [0.1, 0.15) is 0 Å². The zero-order valence-electron chi connectivity index (χ0n) is 14.0. The number of nitriles is 1. The first-order valence-electron chi connectivity index (χ1n) is 7.77. The molecule has 1 heterocycles. The molecule has 0 spiro atoms. The molecule has 0 saturated heterocycles. The maximum Gasteiger partial charge on any atom is 0.191 e. The minimum atomic E-state index is 0. The summed E-state index contributed by atoms with van der Waals surface area (Å²) in [7, 11) is 0. The second kappa shape index (κ2) is 11.0. The van der Waals surface area contributed by atoms with E-state index < -0.39 is 0 Å². The van der Waals surface area contributed by atoms with Crippen LogP contribution in [0.3, 0.4) is 0 Å². The van der Waals surface area contributed by atoms with Gasteiger partial charge in [0.2, 0.25) is 0 Å². The molecule has 6 heteroatoms. The van der Waals surface area contributed by atoms with Crippen molar-refractivity contribution in [3.63, 3.8) is 0 Å². The van der Waals surface area contributed by atoms with Crippen LogP contribution in [0.15, 0.2) is 46.8 Å². The summed E-state index contributed by atoms with van der Waals surface area (Å²) in [6.45, 7) is 6.47. The molecule has 128 valence electrons. The van der Waals surface area contributed by atoms with Gasteiger partial charge in [-0.15, -0.1) is 35.3 Å². The van der Waals surface area contributed by atoms with Crippen molar-refractivity contribution >= 4 is 41.3 Å². The van der Waals surface area contributed by atoms with Gasteiger partial charge in [0, 0.05) is 23.9 Å². The lowest BCUT2D eigenvalue weighted by Gasteiger charge is -2.15. The van der Waals surface area contributed by atoms with E-state index in [0.29, 0.717) is 18.0 Å². The Labute approximate surface area is 165 Å². The molecule has 0 saturated carbocycles. The maximum absolute atomic E-state index is 8.95. The number of halogens is 1. The fourth-order valence-corrected chi connectivity index (χ4v) is 2.96. The van der Waals surface area contributed by atoms with E-state index in [9.17, 15) is 0 Å². The van der Waals surface area contributed by atoms with E-state index in [1.807, 2.05) is 18.2 Å². The van der Waals surface area contributed by atoms with Crippen LogP contribution in [0.4, 0.5) is 0 Å². The van der Waals surface area contributed by atoms with Crippen LogP contribution in [0.25, 0.3) is 0 Å². The molecule has 2 aromatic rings. The summed E-state index contributed by atoms with van der Waals surface area (Å²) in [5.74, 6) is 1.25. The fourth-order valence-electron chi connectivity index (χ4n) is 2.17. The highest BCUT2D eigenvalue weighted by atomic mass is 127. The SMILES string of the molecule is CCNC(=NCc1cccc(C#N)c1)NCC(C)c1cccs1.I. The normalized spacial score (nSPS) is 12.0. The van der Waals surface area contributed by atoms with Crippen molar-refractivity contribution in [2.45, 2.75) is 26.3 Å². The van der Waals surface area contributed by atoms with Crippen LogP contribution < -0.4 is 10.6 Å². The molecule has 4 nitrogen and oxygen atoms in total. The van der Waals surface area contributed by atoms with Crippen LogP contribution in [0.1, 0.15) is 35.8 Å². The van der Waals surface area contributed by atoms with Crippen molar-refractivity contribution in [2.75, 3.05) is 13.1 Å². The fraction of sp³-hybridized carbons (Fsp3) is 0.333. The molecule has 24 heavy (non-hydrogen) atoms. The molecule has 2 N–H and O–H groups in total. The Kier molecular flexibility index (Phi) is 9.42. The number of nitrogens with one attached hydrogen (secondary N) is 2. The number of hydrogen-bond acceptors (Lipinski definition) is 3. The van der Waals surface area contributed by atoms with Crippen molar-refractivity contribution in [2.24, 2.45) is 4.99 Å². The second-order valence-electron chi connectivity index (χ2n) is 5.30. The van der Waals surface area contributed by atoms with Crippen molar-refractivity contribution in [1.29, 1.82) is 5.26 Å². The number of guanidine groups is 1. The average Bonchev–Trinajstić information content (AvgIpc) is 3.12. The van der Waals surface area contributed by atoms with Crippen molar-refractivity contribution in [1.82, 2.24) is 10.6 Å². The van der Waals surface area contributed by atoms with E-state index in [-0.39, 0.29) is 24.0 Å². The molecule has 2 rings (SSSR count). The number of rotatable bonds is 6. The number of hydrogen-bond donors (Lipinski definition) is 2. The van der Waals surface area contributed by atoms with Crippen molar-refractivity contribution in [3.8, 4) is 6.07 Å². The predicted octanol–water partition coefficient (Wildman–Crippen LogP) is 4.10. The molecule has 0 bridgehead atoms. The molecule has 1 atom stereocenters. The molecule has 0 amide bonds. The Bertz CT molecular complexity index is 677.